The first-order chi connectivity index (χ1) is 7.75. The second kappa shape index (κ2) is 5.51. The van der Waals surface area contributed by atoms with Gasteiger partial charge in [-0.25, -0.2) is 0 Å². The average Bonchev–Trinajstić information content (AvgIpc) is 2.88. The number of hydrogen-bond acceptors (Lipinski definition) is 3. The Balaban J connectivity index is 1.70. The van der Waals surface area contributed by atoms with Crippen LogP contribution in [0.15, 0.2) is 22.8 Å². The SMILES string of the molecule is CC(CCc1ccco1)N[C@@H]1CCC[C@H]1O. The maximum atomic E-state index is 9.71. The number of furan rings is 1. The zero-order chi connectivity index (χ0) is 11.4. The van der Waals surface area contributed by atoms with Crippen molar-refractivity contribution in [3.63, 3.8) is 0 Å². The third kappa shape index (κ3) is 3.09. The van der Waals surface area contributed by atoms with E-state index in [1.807, 2.05) is 12.1 Å². The van der Waals surface area contributed by atoms with E-state index < -0.39 is 0 Å². The van der Waals surface area contributed by atoms with Crippen molar-refractivity contribution in [2.75, 3.05) is 0 Å². The van der Waals surface area contributed by atoms with Crippen LogP contribution in [0.2, 0.25) is 0 Å². The lowest BCUT2D eigenvalue weighted by atomic mass is 10.1. The molecule has 1 aromatic heterocycles. The predicted octanol–water partition coefficient (Wildman–Crippen LogP) is 2.10. The molecule has 2 rings (SSSR count). The Morgan fingerprint density at radius 3 is 3.06 bits per heavy atom. The van der Waals surface area contributed by atoms with Crippen LogP contribution in [0.1, 0.15) is 38.4 Å². The Morgan fingerprint density at radius 1 is 1.56 bits per heavy atom. The van der Waals surface area contributed by atoms with Gasteiger partial charge in [-0.2, -0.15) is 0 Å². The van der Waals surface area contributed by atoms with Crippen molar-refractivity contribution in [3.05, 3.63) is 24.2 Å². The number of aliphatic hydroxyl groups excluding tert-OH is 1. The molecule has 1 heterocycles. The van der Waals surface area contributed by atoms with Gasteiger partial charge >= 0.3 is 0 Å². The summed E-state index contributed by atoms with van der Waals surface area (Å²) < 4.78 is 5.30. The van der Waals surface area contributed by atoms with E-state index in [1.54, 1.807) is 6.26 Å². The molecule has 1 aromatic rings. The quantitative estimate of drug-likeness (QED) is 0.803. The lowest BCUT2D eigenvalue weighted by Crippen LogP contribution is -2.41. The lowest BCUT2D eigenvalue weighted by Gasteiger charge is -2.21. The molecule has 0 bridgehead atoms. The normalized spacial score (nSPS) is 27.1. The van der Waals surface area contributed by atoms with Gasteiger partial charge in [-0.15, -0.1) is 0 Å². The molecule has 0 aromatic carbocycles. The molecule has 0 spiro atoms. The average molecular weight is 223 g/mol. The maximum absolute atomic E-state index is 9.71. The summed E-state index contributed by atoms with van der Waals surface area (Å²) in [6.07, 6.45) is 6.78. The molecule has 2 N–H and O–H groups in total. The molecule has 1 unspecified atom stereocenters. The predicted molar refractivity (Wildman–Crippen MR) is 63.3 cm³/mol. The van der Waals surface area contributed by atoms with Gasteiger partial charge in [0.05, 0.1) is 12.4 Å². The number of hydrogen-bond donors (Lipinski definition) is 2. The van der Waals surface area contributed by atoms with E-state index in [2.05, 4.69) is 12.2 Å². The van der Waals surface area contributed by atoms with E-state index in [1.165, 1.54) is 0 Å². The van der Waals surface area contributed by atoms with Gasteiger partial charge in [0.1, 0.15) is 5.76 Å². The minimum absolute atomic E-state index is 0.147. The molecular formula is C13H21NO2. The van der Waals surface area contributed by atoms with Crippen LogP contribution in [0.5, 0.6) is 0 Å². The van der Waals surface area contributed by atoms with Crippen molar-refractivity contribution in [3.8, 4) is 0 Å². The number of rotatable bonds is 5. The molecule has 0 amide bonds. The Morgan fingerprint density at radius 2 is 2.44 bits per heavy atom. The summed E-state index contributed by atoms with van der Waals surface area (Å²) in [5.74, 6) is 1.04. The monoisotopic (exact) mass is 223 g/mol. The third-order valence-corrected chi connectivity index (χ3v) is 3.38. The molecule has 1 aliphatic rings. The maximum Gasteiger partial charge on any atom is 0.103 e. The summed E-state index contributed by atoms with van der Waals surface area (Å²) >= 11 is 0. The number of aryl methyl sites for hydroxylation is 1. The number of aliphatic hydroxyl groups is 1. The van der Waals surface area contributed by atoms with Crippen molar-refractivity contribution in [2.45, 2.75) is 57.2 Å². The molecule has 1 aliphatic carbocycles. The van der Waals surface area contributed by atoms with Crippen molar-refractivity contribution < 1.29 is 9.52 Å². The Bertz CT molecular complexity index is 297. The lowest BCUT2D eigenvalue weighted by molar-refractivity contribution is 0.143. The first kappa shape index (κ1) is 11.7. The van der Waals surface area contributed by atoms with Gasteiger partial charge < -0.3 is 14.8 Å². The highest BCUT2D eigenvalue weighted by Gasteiger charge is 2.25. The van der Waals surface area contributed by atoms with E-state index >= 15 is 0 Å². The van der Waals surface area contributed by atoms with Gasteiger partial charge in [-0.3, -0.25) is 0 Å². The fraction of sp³-hybridized carbons (Fsp3) is 0.692. The van der Waals surface area contributed by atoms with Crippen LogP contribution in [-0.4, -0.2) is 23.3 Å². The second-order valence-corrected chi connectivity index (χ2v) is 4.79. The highest BCUT2D eigenvalue weighted by Crippen LogP contribution is 2.19. The summed E-state index contributed by atoms with van der Waals surface area (Å²) in [4.78, 5) is 0. The van der Waals surface area contributed by atoms with Crippen LogP contribution in [0.4, 0.5) is 0 Å². The fourth-order valence-electron chi connectivity index (χ4n) is 2.40. The summed E-state index contributed by atoms with van der Waals surface area (Å²) in [5.41, 5.74) is 0. The number of nitrogens with one attached hydrogen (secondary N) is 1. The standard InChI is InChI=1S/C13H21NO2/c1-10(7-8-11-4-3-9-16-11)14-12-5-2-6-13(12)15/h3-4,9-10,12-15H,2,5-8H2,1H3/t10?,12-,13-/m1/s1. The van der Waals surface area contributed by atoms with Gasteiger partial charge in [0.15, 0.2) is 0 Å². The highest BCUT2D eigenvalue weighted by atomic mass is 16.3. The van der Waals surface area contributed by atoms with Gasteiger partial charge in [-0.1, -0.05) is 0 Å². The Hall–Kier alpha value is -0.800. The van der Waals surface area contributed by atoms with Crippen molar-refractivity contribution >= 4 is 0 Å². The first-order valence-electron chi connectivity index (χ1n) is 6.22. The molecule has 0 aliphatic heterocycles. The van der Waals surface area contributed by atoms with Crippen LogP contribution in [0.3, 0.4) is 0 Å². The molecule has 3 atom stereocenters. The van der Waals surface area contributed by atoms with Crippen LogP contribution in [0.25, 0.3) is 0 Å². The molecular weight excluding hydrogens is 202 g/mol. The van der Waals surface area contributed by atoms with Gasteiger partial charge in [0.25, 0.3) is 0 Å². The zero-order valence-corrected chi connectivity index (χ0v) is 9.86. The van der Waals surface area contributed by atoms with E-state index in [0.717, 1.165) is 37.9 Å². The van der Waals surface area contributed by atoms with E-state index in [-0.39, 0.29) is 6.10 Å². The van der Waals surface area contributed by atoms with Gasteiger partial charge in [0.2, 0.25) is 0 Å². The van der Waals surface area contributed by atoms with E-state index in [0.29, 0.717) is 12.1 Å². The molecule has 1 saturated carbocycles. The molecule has 16 heavy (non-hydrogen) atoms. The Kier molecular flexibility index (Phi) is 4.02. The van der Waals surface area contributed by atoms with Crippen LogP contribution in [-0.2, 0) is 6.42 Å². The molecule has 3 heteroatoms. The first-order valence-corrected chi connectivity index (χ1v) is 6.22. The summed E-state index contributed by atoms with van der Waals surface area (Å²) in [6, 6.07) is 4.67. The van der Waals surface area contributed by atoms with Gasteiger partial charge in [-0.05, 0) is 44.7 Å². The van der Waals surface area contributed by atoms with Crippen LogP contribution < -0.4 is 5.32 Å². The summed E-state index contributed by atoms with van der Waals surface area (Å²) in [5, 5.41) is 13.2. The van der Waals surface area contributed by atoms with Crippen molar-refractivity contribution in [1.29, 1.82) is 0 Å². The fourth-order valence-corrected chi connectivity index (χ4v) is 2.40. The van der Waals surface area contributed by atoms with Crippen LogP contribution in [0, 0.1) is 0 Å². The van der Waals surface area contributed by atoms with E-state index in [9.17, 15) is 5.11 Å². The third-order valence-electron chi connectivity index (χ3n) is 3.38. The second-order valence-electron chi connectivity index (χ2n) is 4.79. The van der Waals surface area contributed by atoms with Crippen molar-refractivity contribution in [1.82, 2.24) is 5.32 Å². The van der Waals surface area contributed by atoms with Gasteiger partial charge in [0, 0.05) is 18.5 Å². The summed E-state index contributed by atoms with van der Waals surface area (Å²) in [6.45, 7) is 2.17. The highest BCUT2D eigenvalue weighted by molar-refractivity contribution is 4.98. The van der Waals surface area contributed by atoms with Crippen LogP contribution >= 0.6 is 0 Å². The Labute approximate surface area is 96.8 Å². The van der Waals surface area contributed by atoms with Crippen molar-refractivity contribution in [2.24, 2.45) is 0 Å². The topological polar surface area (TPSA) is 45.4 Å². The molecule has 90 valence electrons. The zero-order valence-electron chi connectivity index (χ0n) is 9.86. The molecule has 1 fully saturated rings. The molecule has 0 radical (unpaired) electrons. The largest absolute Gasteiger partial charge is 0.469 e. The molecule has 0 saturated heterocycles. The minimum Gasteiger partial charge on any atom is -0.469 e. The molecule has 3 nitrogen and oxygen atoms in total. The minimum atomic E-state index is -0.147. The smallest absolute Gasteiger partial charge is 0.103 e. The summed E-state index contributed by atoms with van der Waals surface area (Å²) in [7, 11) is 0. The van der Waals surface area contributed by atoms with E-state index in [4.69, 9.17) is 4.42 Å².